The molecule has 4 saturated carbocycles. The first-order valence-electron chi connectivity index (χ1n) is 8.05. The van der Waals surface area contributed by atoms with E-state index in [1.165, 1.54) is 32.1 Å². The molecule has 0 amide bonds. The normalized spacial score (nSPS) is 38.1. The summed E-state index contributed by atoms with van der Waals surface area (Å²) >= 11 is 0. The maximum atomic E-state index is 6.03. The predicted octanol–water partition coefficient (Wildman–Crippen LogP) is 3.42. The van der Waals surface area contributed by atoms with E-state index in [1.54, 1.807) is 0 Å². The molecule has 108 valence electrons. The van der Waals surface area contributed by atoms with Crippen molar-refractivity contribution in [2.24, 2.45) is 29.6 Å². The molecule has 0 saturated heterocycles. The Kier molecular flexibility index (Phi) is 2.90. The third-order valence-corrected chi connectivity index (χ3v) is 5.88. The number of aromatic nitrogens is 1. The van der Waals surface area contributed by atoms with Crippen LogP contribution in [0.2, 0.25) is 0 Å². The predicted molar refractivity (Wildman–Crippen MR) is 79.4 cm³/mol. The Morgan fingerprint density at radius 2 is 1.75 bits per heavy atom. The highest BCUT2D eigenvalue weighted by Gasteiger charge is 2.48. The van der Waals surface area contributed by atoms with Gasteiger partial charge in [0.05, 0.1) is 6.61 Å². The van der Waals surface area contributed by atoms with Crippen LogP contribution < -0.4 is 10.5 Å². The number of nitrogens with zero attached hydrogens (tertiary/aromatic N) is 1. The molecule has 1 aromatic heterocycles. The highest BCUT2D eigenvalue weighted by atomic mass is 16.5. The molecular formula is C17H24N2O. The lowest BCUT2D eigenvalue weighted by Gasteiger charge is -2.54. The van der Waals surface area contributed by atoms with E-state index < -0.39 is 0 Å². The maximum Gasteiger partial charge on any atom is 0.166 e. The first-order valence-corrected chi connectivity index (χ1v) is 8.05. The summed E-state index contributed by atoms with van der Waals surface area (Å²) in [7, 11) is 0. The average molecular weight is 272 g/mol. The fourth-order valence-electron chi connectivity index (χ4n) is 5.18. The summed E-state index contributed by atoms with van der Waals surface area (Å²) in [4.78, 5) is 4.28. The van der Waals surface area contributed by atoms with Gasteiger partial charge in [0.15, 0.2) is 11.6 Å². The van der Waals surface area contributed by atoms with E-state index in [0.29, 0.717) is 5.82 Å². The van der Waals surface area contributed by atoms with Crippen molar-refractivity contribution in [3.8, 4) is 5.75 Å². The minimum absolute atomic E-state index is 0.536. The first kappa shape index (κ1) is 12.5. The van der Waals surface area contributed by atoms with Gasteiger partial charge in [0.1, 0.15) is 0 Å². The second-order valence-corrected chi connectivity index (χ2v) is 7.24. The summed E-state index contributed by atoms with van der Waals surface area (Å²) in [6.45, 7) is 2.79. The smallest absolute Gasteiger partial charge is 0.166 e. The lowest BCUT2D eigenvalue weighted by molar-refractivity contribution is -0.0528. The number of hydrogen-bond donors (Lipinski definition) is 1. The number of anilines is 1. The van der Waals surface area contributed by atoms with E-state index in [9.17, 15) is 0 Å². The molecule has 3 heteroatoms. The molecule has 0 radical (unpaired) electrons. The Bertz CT molecular complexity index is 486. The summed E-state index contributed by atoms with van der Waals surface area (Å²) in [6.07, 6.45) is 7.30. The summed E-state index contributed by atoms with van der Waals surface area (Å²) in [5.41, 5.74) is 6.89. The lowest BCUT2D eigenvalue weighted by atomic mass is 9.52. The number of hydrogen-bond acceptors (Lipinski definition) is 3. The zero-order valence-electron chi connectivity index (χ0n) is 12.2. The van der Waals surface area contributed by atoms with Gasteiger partial charge < -0.3 is 10.5 Å². The Hall–Kier alpha value is -1.25. The molecule has 1 heterocycles. The standard InChI is InChI=1S/C17H24N2O/c1-10-2-3-16(17(18)19-10)20-9-15-13-5-11-4-12(7-13)8-14(15)6-11/h2-3,11-15H,4-9H2,1H3,(H2,18,19). The van der Waals surface area contributed by atoms with Crippen LogP contribution in [0, 0.1) is 36.5 Å². The molecule has 1 aromatic rings. The lowest BCUT2D eigenvalue weighted by Crippen LogP contribution is -2.47. The van der Waals surface area contributed by atoms with Crippen molar-refractivity contribution in [1.29, 1.82) is 0 Å². The van der Waals surface area contributed by atoms with Gasteiger partial charge in [-0.1, -0.05) is 0 Å². The summed E-state index contributed by atoms with van der Waals surface area (Å²) in [5, 5.41) is 0. The van der Waals surface area contributed by atoms with E-state index in [2.05, 4.69) is 4.98 Å². The van der Waals surface area contributed by atoms with Crippen molar-refractivity contribution in [3.05, 3.63) is 17.8 Å². The van der Waals surface area contributed by atoms with Crippen LogP contribution in [0.1, 0.15) is 37.8 Å². The third-order valence-electron chi connectivity index (χ3n) is 5.88. The van der Waals surface area contributed by atoms with Crippen molar-refractivity contribution in [2.45, 2.75) is 39.0 Å². The van der Waals surface area contributed by atoms with E-state index in [4.69, 9.17) is 10.5 Å². The third kappa shape index (κ3) is 2.07. The molecule has 0 unspecified atom stereocenters. The minimum Gasteiger partial charge on any atom is -0.489 e. The maximum absolute atomic E-state index is 6.03. The molecule has 4 bridgehead atoms. The summed E-state index contributed by atoms with van der Waals surface area (Å²) in [6, 6.07) is 3.94. The zero-order chi connectivity index (χ0) is 13.7. The molecule has 3 nitrogen and oxygen atoms in total. The number of rotatable bonds is 3. The van der Waals surface area contributed by atoms with Crippen LogP contribution in [0.25, 0.3) is 0 Å². The minimum atomic E-state index is 0.536. The summed E-state index contributed by atoms with van der Waals surface area (Å²) in [5.74, 6) is 5.93. The average Bonchev–Trinajstić information content (AvgIpc) is 2.39. The largest absolute Gasteiger partial charge is 0.489 e. The number of aryl methyl sites for hydroxylation is 1. The van der Waals surface area contributed by atoms with Crippen LogP contribution >= 0.6 is 0 Å². The van der Waals surface area contributed by atoms with Gasteiger partial charge in [-0.2, -0.15) is 0 Å². The number of ether oxygens (including phenoxy) is 1. The van der Waals surface area contributed by atoms with Crippen molar-refractivity contribution in [3.63, 3.8) is 0 Å². The molecule has 2 N–H and O–H groups in total. The van der Waals surface area contributed by atoms with Gasteiger partial charge in [-0.15, -0.1) is 0 Å². The van der Waals surface area contributed by atoms with Crippen LogP contribution in [0.5, 0.6) is 5.75 Å². The van der Waals surface area contributed by atoms with Gasteiger partial charge in [0.2, 0.25) is 0 Å². The molecule has 20 heavy (non-hydrogen) atoms. The van der Waals surface area contributed by atoms with Crippen LogP contribution in [-0.4, -0.2) is 11.6 Å². The fourth-order valence-corrected chi connectivity index (χ4v) is 5.18. The number of nitrogens with two attached hydrogens (primary N) is 1. The van der Waals surface area contributed by atoms with Crippen molar-refractivity contribution < 1.29 is 4.74 Å². The van der Waals surface area contributed by atoms with Crippen molar-refractivity contribution in [2.75, 3.05) is 12.3 Å². The van der Waals surface area contributed by atoms with Crippen LogP contribution in [0.3, 0.4) is 0 Å². The molecule has 0 spiro atoms. The van der Waals surface area contributed by atoms with Crippen LogP contribution in [-0.2, 0) is 0 Å². The molecule has 0 aliphatic heterocycles. The monoisotopic (exact) mass is 272 g/mol. The van der Waals surface area contributed by atoms with Crippen LogP contribution in [0.4, 0.5) is 5.82 Å². The molecule has 5 rings (SSSR count). The second-order valence-electron chi connectivity index (χ2n) is 7.24. The van der Waals surface area contributed by atoms with E-state index in [1.807, 2.05) is 19.1 Å². The van der Waals surface area contributed by atoms with E-state index in [0.717, 1.165) is 47.6 Å². The number of nitrogen functional groups attached to an aromatic ring is 1. The molecule has 0 atom stereocenters. The topological polar surface area (TPSA) is 48.1 Å². The zero-order valence-corrected chi connectivity index (χ0v) is 12.2. The Labute approximate surface area is 120 Å². The molecule has 4 fully saturated rings. The van der Waals surface area contributed by atoms with Gasteiger partial charge in [-0.3, -0.25) is 0 Å². The molecule has 4 aliphatic carbocycles. The van der Waals surface area contributed by atoms with Crippen molar-refractivity contribution >= 4 is 5.82 Å². The SMILES string of the molecule is Cc1ccc(OCC2C3CC4CC(C3)CC2C4)c(N)n1. The summed E-state index contributed by atoms with van der Waals surface area (Å²) < 4.78 is 6.03. The van der Waals surface area contributed by atoms with Gasteiger partial charge in [-0.25, -0.2) is 4.98 Å². The molecule has 4 aliphatic rings. The highest BCUT2D eigenvalue weighted by molar-refractivity contribution is 5.46. The Morgan fingerprint density at radius 1 is 1.10 bits per heavy atom. The highest BCUT2D eigenvalue weighted by Crippen LogP contribution is 2.56. The second kappa shape index (κ2) is 4.64. The van der Waals surface area contributed by atoms with Crippen LogP contribution in [0.15, 0.2) is 12.1 Å². The van der Waals surface area contributed by atoms with Crippen molar-refractivity contribution in [1.82, 2.24) is 4.98 Å². The Balaban J connectivity index is 1.44. The van der Waals surface area contributed by atoms with E-state index >= 15 is 0 Å². The van der Waals surface area contributed by atoms with Gasteiger partial charge in [-0.05, 0) is 80.8 Å². The molecule has 0 aromatic carbocycles. The quantitative estimate of drug-likeness (QED) is 0.917. The first-order chi connectivity index (χ1) is 9.69. The fraction of sp³-hybridized carbons (Fsp3) is 0.706. The van der Waals surface area contributed by atoms with Gasteiger partial charge in [0.25, 0.3) is 0 Å². The number of pyridine rings is 1. The van der Waals surface area contributed by atoms with Gasteiger partial charge >= 0.3 is 0 Å². The van der Waals surface area contributed by atoms with Gasteiger partial charge in [0, 0.05) is 5.69 Å². The molecular weight excluding hydrogens is 248 g/mol. The Morgan fingerprint density at radius 3 is 2.35 bits per heavy atom. The van der Waals surface area contributed by atoms with E-state index in [-0.39, 0.29) is 0 Å².